The molecule has 0 fully saturated rings. The van der Waals surface area contributed by atoms with Gasteiger partial charge in [0, 0.05) is 42.5 Å². The third-order valence-electron chi connectivity index (χ3n) is 5.10. The lowest BCUT2D eigenvalue weighted by molar-refractivity contribution is -0.129. The van der Waals surface area contributed by atoms with Crippen LogP contribution in [0.15, 0.2) is 54.7 Å². The van der Waals surface area contributed by atoms with Gasteiger partial charge in [-0.3, -0.25) is 14.2 Å². The highest BCUT2D eigenvalue weighted by molar-refractivity contribution is 7.76. The van der Waals surface area contributed by atoms with Gasteiger partial charge in [0.2, 0.25) is 5.91 Å². The first kappa shape index (κ1) is 22.2. The monoisotopic (exact) mass is 428 g/mol. The number of nitrogens with zero attached hydrogens (tertiary/aromatic N) is 1. The van der Waals surface area contributed by atoms with Crippen LogP contribution >= 0.6 is 0 Å². The second kappa shape index (κ2) is 11.0. The third-order valence-corrected chi connectivity index (χ3v) is 5.83. The number of benzene rings is 2. The SMILES string of the molecule is O=C(CCCCCCN(Cc1ccc(-c2ccc3cc[nH]c3c2)cc1)S(=O)[O-])NO. The first-order valence-electron chi connectivity index (χ1n) is 10.0. The molecule has 1 amide bonds. The number of hydroxylamine groups is 1. The number of aromatic nitrogens is 1. The standard InChI is InChI=1S/C22H27N3O4S/c26-22(24-27)5-3-1-2-4-14-25(30(28)29)16-17-6-8-18(9-7-17)20-11-10-19-12-13-23-21(19)15-20/h6-13,15,23,27H,1-5,14,16H2,(H,24,26)(H,28,29)/p-1. The van der Waals surface area contributed by atoms with Crippen LogP contribution in [0.25, 0.3) is 22.0 Å². The van der Waals surface area contributed by atoms with E-state index in [4.69, 9.17) is 5.21 Å². The molecule has 1 atom stereocenters. The first-order chi connectivity index (χ1) is 14.6. The summed E-state index contributed by atoms with van der Waals surface area (Å²) in [6.07, 6.45) is 5.22. The van der Waals surface area contributed by atoms with Gasteiger partial charge in [0.05, 0.1) is 0 Å². The van der Waals surface area contributed by atoms with Crippen molar-refractivity contribution in [3.05, 3.63) is 60.3 Å². The summed E-state index contributed by atoms with van der Waals surface area (Å²) in [7, 11) is 0. The lowest BCUT2D eigenvalue weighted by Crippen LogP contribution is -2.26. The fourth-order valence-electron chi connectivity index (χ4n) is 3.42. The van der Waals surface area contributed by atoms with Crippen LogP contribution in [0.5, 0.6) is 0 Å². The van der Waals surface area contributed by atoms with Crippen molar-refractivity contribution in [3.63, 3.8) is 0 Å². The van der Waals surface area contributed by atoms with Crippen LogP contribution in [0.4, 0.5) is 0 Å². The van der Waals surface area contributed by atoms with Crippen molar-refractivity contribution >= 4 is 28.1 Å². The molecule has 3 N–H and O–H groups in total. The maximum absolute atomic E-state index is 11.6. The van der Waals surface area contributed by atoms with E-state index in [0.717, 1.165) is 41.5 Å². The van der Waals surface area contributed by atoms with E-state index in [1.807, 2.05) is 36.5 Å². The highest BCUT2D eigenvalue weighted by Crippen LogP contribution is 2.24. The Kier molecular flexibility index (Phi) is 8.15. The molecule has 30 heavy (non-hydrogen) atoms. The number of carbonyl (C=O) groups is 1. The Balaban J connectivity index is 1.51. The first-order valence-corrected chi connectivity index (χ1v) is 11.0. The van der Waals surface area contributed by atoms with E-state index in [-0.39, 0.29) is 6.42 Å². The summed E-state index contributed by atoms with van der Waals surface area (Å²) in [5, 5.41) is 9.62. The highest BCUT2D eigenvalue weighted by atomic mass is 32.2. The maximum Gasteiger partial charge on any atom is 0.243 e. The fourth-order valence-corrected chi connectivity index (χ4v) is 3.96. The lowest BCUT2D eigenvalue weighted by Gasteiger charge is -2.24. The summed E-state index contributed by atoms with van der Waals surface area (Å²) in [5.41, 5.74) is 5.81. The number of H-pyrrole nitrogens is 1. The number of rotatable bonds is 11. The van der Waals surface area contributed by atoms with Crippen molar-refractivity contribution in [3.8, 4) is 11.1 Å². The zero-order chi connectivity index (χ0) is 21.3. The summed E-state index contributed by atoms with van der Waals surface area (Å²) in [6, 6.07) is 16.2. The van der Waals surface area contributed by atoms with Crippen LogP contribution in [-0.4, -0.2) is 35.7 Å². The molecular weight excluding hydrogens is 402 g/mol. The normalized spacial score (nSPS) is 12.4. The summed E-state index contributed by atoms with van der Waals surface area (Å²) in [4.78, 5) is 14.2. The van der Waals surface area contributed by atoms with Crippen molar-refractivity contribution in [2.45, 2.75) is 38.6 Å². The number of amides is 1. The molecule has 8 heteroatoms. The largest absolute Gasteiger partial charge is 0.760 e. The van der Waals surface area contributed by atoms with Crippen molar-refractivity contribution in [2.24, 2.45) is 0 Å². The number of fused-ring (bicyclic) bond motifs is 1. The van der Waals surface area contributed by atoms with Gasteiger partial charge < -0.3 is 9.54 Å². The number of carbonyl (C=O) groups excluding carboxylic acids is 1. The molecule has 2 aromatic carbocycles. The van der Waals surface area contributed by atoms with Gasteiger partial charge in [-0.2, -0.15) is 0 Å². The van der Waals surface area contributed by atoms with Crippen LogP contribution in [0.2, 0.25) is 0 Å². The molecule has 0 radical (unpaired) electrons. The summed E-state index contributed by atoms with van der Waals surface area (Å²) in [5.74, 6) is -0.395. The molecule has 0 spiro atoms. The van der Waals surface area contributed by atoms with E-state index in [2.05, 4.69) is 23.2 Å². The number of nitrogens with one attached hydrogen (secondary N) is 2. The molecule has 0 bridgehead atoms. The Morgan fingerprint density at radius 3 is 2.50 bits per heavy atom. The molecule has 0 saturated carbocycles. The van der Waals surface area contributed by atoms with Gasteiger partial charge in [-0.15, -0.1) is 0 Å². The predicted molar refractivity (Wildman–Crippen MR) is 116 cm³/mol. The molecule has 1 heterocycles. The predicted octanol–water partition coefficient (Wildman–Crippen LogP) is 3.89. The van der Waals surface area contributed by atoms with E-state index in [0.29, 0.717) is 19.5 Å². The molecule has 160 valence electrons. The van der Waals surface area contributed by atoms with Crippen LogP contribution in [-0.2, 0) is 22.6 Å². The van der Waals surface area contributed by atoms with Gasteiger partial charge in [0.1, 0.15) is 0 Å². The highest BCUT2D eigenvalue weighted by Gasteiger charge is 2.08. The van der Waals surface area contributed by atoms with Crippen LogP contribution in [0.1, 0.15) is 37.7 Å². The van der Waals surface area contributed by atoms with Crippen molar-refractivity contribution in [1.29, 1.82) is 0 Å². The van der Waals surface area contributed by atoms with Crippen LogP contribution in [0.3, 0.4) is 0 Å². The van der Waals surface area contributed by atoms with Gasteiger partial charge in [-0.05, 0) is 47.1 Å². The molecule has 3 rings (SSSR count). The second-order valence-electron chi connectivity index (χ2n) is 7.26. The van der Waals surface area contributed by atoms with Gasteiger partial charge in [-0.1, -0.05) is 49.2 Å². The van der Waals surface area contributed by atoms with E-state index in [1.165, 1.54) is 9.69 Å². The Bertz CT molecular complexity index is 987. The van der Waals surface area contributed by atoms with Gasteiger partial charge in [-0.25, -0.2) is 9.79 Å². The molecular formula is C22H26N3O4S-. The number of unbranched alkanes of at least 4 members (excludes halogenated alkanes) is 3. The quantitative estimate of drug-likeness (QED) is 0.186. The van der Waals surface area contributed by atoms with Gasteiger partial charge in [0.25, 0.3) is 0 Å². The molecule has 0 aliphatic heterocycles. The maximum atomic E-state index is 11.6. The Labute approximate surface area is 178 Å². The van der Waals surface area contributed by atoms with Gasteiger partial charge >= 0.3 is 0 Å². The zero-order valence-electron chi connectivity index (χ0n) is 16.7. The van der Waals surface area contributed by atoms with Gasteiger partial charge in [0.15, 0.2) is 0 Å². The van der Waals surface area contributed by atoms with Crippen molar-refractivity contribution < 1.29 is 18.8 Å². The molecule has 0 aliphatic carbocycles. The minimum atomic E-state index is -2.29. The lowest BCUT2D eigenvalue weighted by atomic mass is 10.0. The molecule has 1 aromatic heterocycles. The zero-order valence-corrected chi connectivity index (χ0v) is 17.5. The third kappa shape index (κ3) is 6.24. The number of hydrogen-bond donors (Lipinski definition) is 3. The fraction of sp³-hybridized carbons (Fsp3) is 0.318. The smallest absolute Gasteiger partial charge is 0.243 e. The van der Waals surface area contributed by atoms with E-state index < -0.39 is 17.2 Å². The summed E-state index contributed by atoms with van der Waals surface area (Å²) in [6.45, 7) is 0.770. The van der Waals surface area contributed by atoms with E-state index in [1.54, 1.807) is 5.48 Å². The van der Waals surface area contributed by atoms with E-state index >= 15 is 0 Å². The number of hydrogen-bond acceptors (Lipinski definition) is 4. The average molecular weight is 429 g/mol. The number of aromatic amines is 1. The molecule has 0 aliphatic rings. The molecule has 1 unspecified atom stereocenters. The molecule has 7 nitrogen and oxygen atoms in total. The molecule has 0 saturated heterocycles. The Morgan fingerprint density at radius 2 is 1.77 bits per heavy atom. The average Bonchev–Trinajstić information content (AvgIpc) is 3.23. The minimum Gasteiger partial charge on any atom is -0.760 e. The second-order valence-corrected chi connectivity index (χ2v) is 8.21. The van der Waals surface area contributed by atoms with Crippen LogP contribution < -0.4 is 5.48 Å². The Hall–Kier alpha value is -2.52. The Morgan fingerprint density at radius 1 is 1.03 bits per heavy atom. The summed E-state index contributed by atoms with van der Waals surface area (Å²) < 4.78 is 24.6. The molecule has 3 aromatic rings. The van der Waals surface area contributed by atoms with Crippen LogP contribution in [0, 0.1) is 0 Å². The summed E-state index contributed by atoms with van der Waals surface area (Å²) >= 11 is -2.29. The van der Waals surface area contributed by atoms with E-state index in [9.17, 15) is 13.6 Å². The topological polar surface area (TPSA) is 108 Å². The van der Waals surface area contributed by atoms with Crippen molar-refractivity contribution in [1.82, 2.24) is 14.8 Å². The minimum absolute atomic E-state index is 0.275. The van der Waals surface area contributed by atoms with Crippen molar-refractivity contribution in [2.75, 3.05) is 6.54 Å².